The van der Waals surface area contributed by atoms with Crippen molar-refractivity contribution < 1.29 is 19.0 Å². The molecule has 0 aromatic heterocycles. The third-order valence-corrected chi connectivity index (χ3v) is 4.97. The first kappa shape index (κ1) is 18.1. The van der Waals surface area contributed by atoms with Crippen LogP contribution in [-0.2, 0) is 4.79 Å². The number of nitrogens with zero attached hydrogens (tertiary/aromatic N) is 1. The lowest BCUT2D eigenvalue weighted by Crippen LogP contribution is -1.97. The summed E-state index contributed by atoms with van der Waals surface area (Å²) < 4.78 is 16.2. The maximum atomic E-state index is 12.3. The Labute approximate surface area is 156 Å². The first-order valence-corrected chi connectivity index (χ1v) is 8.77. The van der Waals surface area contributed by atoms with E-state index < -0.39 is 0 Å². The average molecular weight is 369 g/mol. The molecule has 0 spiro atoms. The summed E-state index contributed by atoms with van der Waals surface area (Å²) in [5, 5.41) is 0.695. The lowest BCUT2D eigenvalue weighted by Gasteiger charge is -2.14. The largest absolute Gasteiger partial charge is 0.493 e. The smallest absolute Gasteiger partial charge is 0.284 e. The zero-order valence-electron chi connectivity index (χ0n) is 15.0. The summed E-state index contributed by atoms with van der Waals surface area (Å²) in [6.07, 6.45) is 1.76. The number of aryl methyl sites for hydroxylation is 1. The molecular formula is C20H19NO4S. The highest BCUT2D eigenvalue weighted by Crippen LogP contribution is 2.42. The number of thioether (sulfide) groups is 1. The van der Waals surface area contributed by atoms with E-state index >= 15 is 0 Å². The van der Waals surface area contributed by atoms with Crippen LogP contribution in [-0.4, -0.2) is 32.3 Å². The zero-order valence-corrected chi connectivity index (χ0v) is 15.8. The summed E-state index contributed by atoms with van der Waals surface area (Å²) in [6.45, 7) is 2.02. The Hall–Kier alpha value is -2.73. The van der Waals surface area contributed by atoms with Gasteiger partial charge in [0.05, 0.1) is 26.2 Å². The molecule has 0 bridgehead atoms. The monoisotopic (exact) mass is 369 g/mol. The van der Waals surface area contributed by atoms with Gasteiger partial charge in [0, 0.05) is 11.1 Å². The molecule has 1 heterocycles. The van der Waals surface area contributed by atoms with Crippen molar-refractivity contribution >= 4 is 28.8 Å². The molecule has 0 radical (unpaired) electrons. The van der Waals surface area contributed by atoms with Crippen molar-refractivity contribution in [3.63, 3.8) is 0 Å². The van der Waals surface area contributed by atoms with E-state index in [2.05, 4.69) is 4.99 Å². The van der Waals surface area contributed by atoms with Crippen LogP contribution >= 0.6 is 11.8 Å². The van der Waals surface area contributed by atoms with Gasteiger partial charge in [0.15, 0.2) is 11.5 Å². The highest BCUT2D eigenvalue weighted by Gasteiger charge is 2.24. The second kappa shape index (κ2) is 7.66. The first-order valence-electron chi connectivity index (χ1n) is 7.96. The lowest BCUT2D eigenvalue weighted by molar-refractivity contribution is -0.113. The van der Waals surface area contributed by atoms with Crippen LogP contribution in [0.5, 0.6) is 17.2 Å². The van der Waals surface area contributed by atoms with Crippen LogP contribution in [0.25, 0.3) is 6.08 Å². The van der Waals surface area contributed by atoms with Crippen LogP contribution in [0.1, 0.15) is 16.7 Å². The van der Waals surface area contributed by atoms with Gasteiger partial charge in [-0.05, 0) is 25.1 Å². The summed E-state index contributed by atoms with van der Waals surface area (Å²) in [4.78, 5) is 17.0. The topological polar surface area (TPSA) is 57.1 Å². The summed E-state index contributed by atoms with van der Waals surface area (Å²) in [7, 11) is 4.66. The number of carbonyl (C=O) groups is 1. The van der Waals surface area contributed by atoms with Gasteiger partial charge in [0.25, 0.3) is 5.91 Å². The lowest BCUT2D eigenvalue weighted by atomic mass is 10.1. The number of methoxy groups -OCH3 is 3. The Kier molecular flexibility index (Phi) is 5.32. The van der Waals surface area contributed by atoms with Crippen molar-refractivity contribution in [1.29, 1.82) is 0 Å². The van der Waals surface area contributed by atoms with Crippen LogP contribution in [0.15, 0.2) is 46.3 Å². The third-order valence-electron chi connectivity index (χ3n) is 3.94. The van der Waals surface area contributed by atoms with E-state index in [-0.39, 0.29) is 5.91 Å². The van der Waals surface area contributed by atoms with Gasteiger partial charge in [-0.3, -0.25) is 4.79 Å². The van der Waals surface area contributed by atoms with Gasteiger partial charge in [-0.25, -0.2) is 4.99 Å². The van der Waals surface area contributed by atoms with E-state index in [1.165, 1.54) is 11.8 Å². The fraction of sp³-hybridized carbons (Fsp3) is 0.200. The number of carbonyl (C=O) groups excluding carboxylic acids is 1. The molecule has 134 valence electrons. The summed E-state index contributed by atoms with van der Waals surface area (Å²) in [5.41, 5.74) is 2.81. The molecule has 0 unspecified atom stereocenters. The number of amides is 1. The standard InChI is InChI=1S/C20H19NO4S/c1-12-5-7-13(8-6-12)20-21-19(22)16(26-20)11-14-9-10-15(23-2)18(25-4)17(14)24-3/h5-11H,1-4H3. The molecular weight excluding hydrogens is 350 g/mol. The SMILES string of the molecule is COc1ccc(C=C2SC(c3ccc(C)cc3)=NC2=O)c(OC)c1OC. The van der Waals surface area contributed by atoms with Crippen LogP contribution in [0.3, 0.4) is 0 Å². The van der Waals surface area contributed by atoms with Crippen molar-refractivity contribution in [2.75, 3.05) is 21.3 Å². The average Bonchev–Trinajstić information content (AvgIpc) is 3.02. The Balaban J connectivity index is 1.94. The number of rotatable bonds is 5. The fourth-order valence-corrected chi connectivity index (χ4v) is 3.52. The number of aliphatic imine (C=N–C) groups is 1. The minimum absolute atomic E-state index is 0.262. The summed E-state index contributed by atoms with van der Waals surface area (Å²) in [6, 6.07) is 11.5. The number of benzene rings is 2. The molecule has 6 heteroatoms. The molecule has 1 aliphatic heterocycles. The Morgan fingerprint density at radius 2 is 1.62 bits per heavy atom. The van der Waals surface area contributed by atoms with E-state index in [0.29, 0.717) is 27.2 Å². The van der Waals surface area contributed by atoms with Crippen LogP contribution in [0.4, 0.5) is 0 Å². The Bertz CT molecular complexity index is 901. The minimum Gasteiger partial charge on any atom is -0.493 e. The molecule has 3 rings (SSSR count). The molecule has 0 aliphatic carbocycles. The van der Waals surface area contributed by atoms with Gasteiger partial charge in [-0.15, -0.1) is 0 Å². The van der Waals surface area contributed by atoms with Gasteiger partial charge in [-0.2, -0.15) is 0 Å². The summed E-state index contributed by atoms with van der Waals surface area (Å²) >= 11 is 1.35. The van der Waals surface area contributed by atoms with Crippen molar-refractivity contribution in [2.24, 2.45) is 4.99 Å². The molecule has 0 N–H and O–H groups in total. The molecule has 0 saturated heterocycles. The van der Waals surface area contributed by atoms with Crippen molar-refractivity contribution in [3.8, 4) is 17.2 Å². The number of ether oxygens (including phenoxy) is 3. The van der Waals surface area contributed by atoms with Crippen molar-refractivity contribution in [3.05, 3.63) is 58.0 Å². The highest BCUT2D eigenvalue weighted by atomic mass is 32.2. The van der Waals surface area contributed by atoms with Gasteiger partial charge in [0.2, 0.25) is 5.75 Å². The second-order valence-electron chi connectivity index (χ2n) is 5.62. The number of hydrogen-bond donors (Lipinski definition) is 0. The van der Waals surface area contributed by atoms with E-state index in [9.17, 15) is 4.79 Å². The molecule has 1 amide bonds. The molecule has 26 heavy (non-hydrogen) atoms. The highest BCUT2D eigenvalue weighted by molar-refractivity contribution is 8.19. The van der Waals surface area contributed by atoms with E-state index in [1.807, 2.05) is 37.3 Å². The molecule has 2 aromatic carbocycles. The van der Waals surface area contributed by atoms with Crippen LogP contribution < -0.4 is 14.2 Å². The predicted octanol–water partition coefficient (Wildman–Crippen LogP) is 4.08. The quantitative estimate of drug-likeness (QED) is 0.743. The molecule has 1 aliphatic rings. The third kappa shape index (κ3) is 3.46. The van der Waals surface area contributed by atoms with Crippen LogP contribution in [0, 0.1) is 6.92 Å². The van der Waals surface area contributed by atoms with Gasteiger partial charge >= 0.3 is 0 Å². The van der Waals surface area contributed by atoms with Crippen molar-refractivity contribution in [1.82, 2.24) is 0 Å². The summed E-state index contributed by atoms with van der Waals surface area (Å²) in [5.74, 6) is 1.30. The fourth-order valence-electron chi connectivity index (χ4n) is 2.61. The molecule has 0 atom stereocenters. The van der Waals surface area contributed by atoms with E-state index in [1.54, 1.807) is 33.5 Å². The normalized spacial score (nSPS) is 15.2. The van der Waals surface area contributed by atoms with Crippen molar-refractivity contribution in [2.45, 2.75) is 6.92 Å². The molecule has 0 fully saturated rings. The van der Waals surface area contributed by atoms with E-state index in [4.69, 9.17) is 14.2 Å². The zero-order chi connectivity index (χ0) is 18.7. The van der Waals surface area contributed by atoms with Gasteiger partial charge in [0.1, 0.15) is 5.04 Å². The van der Waals surface area contributed by atoms with Gasteiger partial charge < -0.3 is 14.2 Å². The minimum atomic E-state index is -0.262. The van der Waals surface area contributed by atoms with Gasteiger partial charge in [-0.1, -0.05) is 41.6 Å². The second-order valence-corrected chi connectivity index (χ2v) is 6.65. The predicted molar refractivity (Wildman–Crippen MR) is 104 cm³/mol. The number of hydrogen-bond acceptors (Lipinski definition) is 5. The van der Waals surface area contributed by atoms with Crippen LogP contribution in [0.2, 0.25) is 0 Å². The molecule has 0 saturated carbocycles. The molecule has 5 nitrogen and oxygen atoms in total. The Morgan fingerprint density at radius 3 is 2.23 bits per heavy atom. The Morgan fingerprint density at radius 1 is 0.923 bits per heavy atom. The first-order chi connectivity index (χ1) is 12.6. The van der Waals surface area contributed by atoms with E-state index in [0.717, 1.165) is 16.7 Å². The maximum Gasteiger partial charge on any atom is 0.284 e. The maximum absolute atomic E-state index is 12.3. The molecule has 2 aromatic rings.